The molecule has 4 nitrogen and oxygen atoms in total. The second-order valence-corrected chi connectivity index (χ2v) is 3.53. The fourth-order valence-electron chi connectivity index (χ4n) is 1.37. The fraction of sp³-hybridized carbons (Fsp3) is 0.778. The van der Waals surface area contributed by atoms with Gasteiger partial charge in [0.2, 0.25) is 0 Å². The van der Waals surface area contributed by atoms with Crippen LogP contribution in [0.25, 0.3) is 0 Å². The van der Waals surface area contributed by atoms with E-state index in [9.17, 15) is 0 Å². The van der Waals surface area contributed by atoms with E-state index in [1.165, 1.54) is 0 Å². The number of nitrogens with zero attached hydrogens (tertiary/aromatic N) is 3. The number of hydrogen-bond acceptors (Lipinski definition) is 3. The Morgan fingerprint density at radius 1 is 1.31 bits per heavy atom. The average Bonchev–Trinajstić information content (AvgIpc) is 2.45. The summed E-state index contributed by atoms with van der Waals surface area (Å²) in [5, 5.41) is 16.9. The van der Waals surface area contributed by atoms with Gasteiger partial charge in [-0.3, -0.25) is 0 Å². The van der Waals surface area contributed by atoms with Crippen molar-refractivity contribution in [1.82, 2.24) is 14.8 Å². The molecule has 4 heteroatoms. The smallest absolute Gasteiger partial charge is 0.158 e. The van der Waals surface area contributed by atoms with Gasteiger partial charge in [-0.15, -0.1) is 10.2 Å². The summed E-state index contributed by atoms with van der Waals surface area (Å²) in [6, 6.07) is 0. The molecule has 0 aliphatic carbocycles. The van der Waals surface area contributed by atoms with Crippen LogP contribution in [0.1, 0.15) is 32.4 Å². The zero-order valence-corrected chi connectivity index (χ0v) is 8.49. The number of aliphatic hydroxyl groups excluding tert-OH is 1. The molecule has 1 N–H and O–H groups in total. The second kappa shape index (κ2) is 4.37. The van der Waals surface area contributed by atoms with Crippen molar-refractivity contribution in [3.05, 3.63) is 11.6 Å². The highest BCUT2D eigenvalue weighted by Gasteiger charge is 2.10. The van der Waals surface area contributed by atoms with Gasteiger partial charge in [0.15, 0.2) is 5.82 Å². The van der Waals surface area contributed by atoms with E-state index in [0.717, 1.165) is 18.8 Å². The molecule has 0 radical (unpaired) electrons. The minimum absolute atomic E-state index is 0.0288. The monoisotopic (exact) mass is 183 g/mol. The maximum absolute atomic E-state index is 8.97. The second-order valence-electron chi connectivity index (χ2n) is 3.53. The number of aromatic nitrogens is 3. The molecule has 1 aromatic heterocycles. The van der Waals surface area contributed by atoms with E-state index < -0.39 is 0 Å². The van der Waals surface area contributed by atoms with Crippen LogP contribution in [0.2, 0.25) is 0 Å². The summed E-state index contributed by atoms with van der Waals surface area (Å²) in [4.78, 5) is 0. The molecule has 1 rings (SSSR count). The first-order valence-corrected chi connectivity index (χ1v) is 4.70. The van der Waals surface area contributed by atoms with Gasteiger partial charge in [0, 0.05) is 13.0 Å². The highest BCUT2D eigenvalue weighted by Crippen LogP contribution is 2.07. The number of aliphatic hydroxyl groups is 1. The zero-order chi connectivity index (χ0) is 9.84. The quantitative estimate of drug-likeness (QED) is 0.757. The lowest BCUT2D eigenvalue weighted by Crippen LogP contribution is -2.08. The van der Waals surface area contributed by atoms with Crippen molar-refractivity contribution in [2.75, 3.05) is 0 Å². The van der Waals surface area contributed by atoms with Crippen LogP contribution in [0.3, 0.4) is 0 Å². The average molecular weight is 183 g/mol. The van der Waals surface area contributed by atoms with Crippen LogP contribution in [0, 0.1) is 5.92 Å². The highest BCUT2D eigenvalue weighted by molar-refractivity contribution is 4.95. The summed E-state index contributed by atoms with van der Waals surface area (Å²) in [6.07, 6.45) is 0.918. The molecule has 0 aliphatic rings. The molecule has 13 heavy (non-hydrogen) atoms. The molecule has 0 fully saturated rings. The maximum atomic E-state index is 8.97. The van der Waals surface area contributed by atoms with E-state index in [1.54, 1.807) is 0 Å². The summed E-state index contributed by atoms with van der Waals surface area (Å²) >= 11 is 0. The van der Waals surface area contributed by atoms with Crippen LogP contribution in [-0.2, 0) is 19.6 Å². The summed E-state index contributed by atoms with van der Waals surface area (Å²) in [5.74, 6) is 2.21. The molecule has 0 atom stereocenters. The van der Waals surface area contributed by atoms with E-state index >= 15 is 0 Å². The Kier molecular flexibility index (Phi) is 3.42. The first-order valence-electron chi connectivity index (χ1n) is 4.70. The standard InChI is InChI=1S/C9H17N3O/c1-4-12-8(5-7(2)3)10-11-9(12)6-13/h7,13H,4-6H2,1-3H3. The molecule has 0 saturated heterocycles. The van der Waals surface area contributed by atoms with E-state index in [0.29, 0.717) is 11.7 Å². The largest absolute Gasteiger partial charge is 0.388 e. The molecule has 0 aromatic carbocycles. The van der Waals surface area contributed by atoms with Crippen molar-refractivity contribution in [3.8, 4) is 0 Å². The molecule has 0 aliphatic heterocycles. The van der Waals surface area contributed by atoms with Crippen molar-refractivity contribution in [2.45, 2.75) is 40.3 Å². The fourth-order valence-corrected chi connectivity index (χ4v) is 1.37. The molecule has 0 unspecified atom stereocenters. The molecular weight excluding hydrogens is 166 g/mol. The number of rotatable bonds is 4. The Morgan fingerprint density at radius 3 is 2.38 bits per heavy atom. The topological polar surface area (TPSA) is 50.9 Å². The Hall–Kier alpha value is -0.900. The predicted molar refractivity (Wildman–Crippen MR) is 50.2 cm³/mol. The van der Waals surface area contributed by atoms with Crippen molar-refractivity contribution in [2.24, 2.45) is 5.92 Å². The molecule has 74 valence electrons. The molecule has 0 amide bonds. The third kappa shape index (κ3) is 2.28. The van der Waals surface area contributed by atoms with Gasteiger partial charge in [-0.05, 0) is 12.8 Å². The Morgan fingerprint density at radius 2 is 1.92 bits per heavy atom. The lowest BCUT2D eigenvalue weighted by Gasteiger charge is -2.07. The van der Waals surface area contributed by atoms with Gasteiger partial charge in [-0.2, -0.15) is 0 Å². The summed E-state index contributed by atoms with van der Waals surface area (Å²) < 4.78 is 1.97. The van der Waals surface area contributed by atoms with Crippen LogP contribution in [0.4, 0.5) is 0 Å². The van der Waals surface area contributed by atoms with Crippen molar-refractivity contribution >= 4 is 0 Å². The molecule has 0 spiro atoms. The SMILES string of the molecule is CCn1c(CO)nnc1CC(C)C. The van der Waals surface area contributed by atoms with Crippen molar-refractivity contribution in [3.63, 3.8) is 0 Å². The van der Waals surface area contributed by atoms with Crippen LogP contribution in [0.5, 0.6) is 0 Å². The Labute approximate surface area is 78.6 Å². The first-order chi connectivity index (χ1) is 6.19. The lowest BCUT2D eigenvalue weighted by molar-refractivity contribution is 0.264. The Bertz CT molecular complexity index is 268. The van der Waals surface area contributed by atoms with Gasteiger partial charge < -0.3 is 9.67 Å². The predicted octanol–water partition coefficient (Wildman–Crippen LogP) is 0.989. The lowest BCUT2D eigenvalue weighted by atomic mass is 10.1. The highest BCUT2D eigenvalue weighted by atomic mass is 16.3. The molecular formula is C9H17N3O. The summed E-state index contributed by atoms with van der Waals surface area (Å²) in [6.45, 7) is 7.12. The van der Waals surface area contributed by atoms with E-state index in [1.807, 2.05) is 11.5 Å². The van der Waals surface area contributed by atoms with Gasteiger partial charge in [0.05, 0.1) is 0 Å². The summed E-state index contributed by atoms with van der Waals surface area (Å²) in [5.41, 5.74) is 0. The van der Waals surface area contributed by atoms with Crippen molar-refractivity contribution < 1.29 is 5.11 Å². The van der Waals surface area contributed by atoms with Crippen molar-refractivity contribution in [1.29, 1.82) is 0 Å². The van der Waals surface area contributed by atoms with Crippen LogP contribution < -0.4 is 0 Å². The minimum atomic E-state index is -0.0288. The zero-order valence-electron chi connectivity index (χ0n) is 8.49. The van der Waals surface area contributed by atoms with Gasteiger partial charge in [-0.1, -0.05) is 13.8 Å². The van der Waals surface area contributed by atoms with Crippen LogP contribution in [-0.4, -0.2) is 19.9 Å². The Balaban J connectivity index is 2.87. The normalized spacial score (nSPS) is 11.2. The molecule has 1 heterocycles. The first kappa shape index (κ1) is 10.2. The van der Waals surface area contributed by atoms with Gasteiger partial charge >= 0.3 is 0 Å². The minimum Gasteiger partial charge on any atom is -0.388 e. The van der Waals surface area contributed by atoms with E-state index in [2.05, 4.69) is 24.0 Å². The molecule has 0 saturated carbocycles. The third-order valence-corrected chi connectivity index (χ3v) is 1.95. The van der Waals surface area contributed by atoms with Gasteiger partial charge in [0.25, 0.3) is 0 Å². The van der Waals surface area contributed by atoms with Crippen LogP contribution in [0.15, 0.2) is 0 Å². The van der Waals surface area contributed by atoms with E-state index in [4.69, 9.17) is 5.11 Å². The number of hydrogen-bond donors (Lipinski definition) is 1. The van der Waals surface area contributed by atoms with Gasteiger partial charge in [-0.25, -0.2) is 0 Å². The molecule has 0 bridgehead atoms. The maximum Gasteiger partial charge on any atom is 0.158 e. The summed E-state index contributed by atoms with van der Waals surface area (Å²) in [7, 11) is 0. The van der Waals surface area contributed by atoms with E-state index in [-0.39, 0.29) is 6.61 Å². The van der Waals surface area contributed by atoms with Gasteiger partial charge in [0.1, 0.15) is 12.4 Å². The van der Waals surface area contributed by atoms with Crippen LogP contribution >= 0.6 is 0 Å². The third-order valence-electron chi connectivity index (χ3n) is 1.95. The molecule has 1 aromatic rings.